The van der Waals surface area contributed by atoms with Gasteiger partial charge in [-0.05, 0) is 0 Å². The summed E-state index contributed by atoms with van der Waals surface area (Å²) in [4.78, 5) is 0. The van der Waals surface area contributed by atoms with Crippen LogP contribution >= 0.6 is 15.4 Å². The number of halogens is 2. The average molecular weight is 650 g/mol. The zero-order valence-electron chi connectivity index (χ0n) is 16.6. The standard InChI is InChI=1S/2C12H11NP.2ClH.Hf/c2*1-2-5-11-9-12(8-10(11)4-1)14-7-3-6-13-14;;;/h2*1-9,13-14H;2*1H;/q;;;;+2/p-2. The Morgan fingerprint density at radius 2 is 1.10 bits per heavy atom. The molecule has 2 aromatic carbocycles. The largest absolute Gasteiger partial charge is 1.00 e. The van der Waals surface area contributed by atoms with Crippen LogP contribution in [0.2, 0.25) is 0 Å². The molecule has 6 rings (SSSR count). The molecule has 4 aliphatic rings. The van der Waals surface area contributed by atoms with Gasteiger partial charge in [0, 0.05) is 0 Å². The van der Waals surface area contributed by atoms with Crippen molar-refractivity contribution in [2.75, 3.05) is 0 Å². The van der Waals surface area contributed by atoms with Crippen molar-refractivity contribution in [2.45, 2.75) is 7.35 Å². The van der Waals surface area contributed by atoms with Crippen molar-refractivity contribution >= 4 is 39.1 Å². The third kappa shape index (κ3) is 4.21. The molecule has 0 radical (unpaired) electrons. The number of hydrogen-bond acceptors (Lipinski definition) is 2. The summed E-state index contributed by atoms with van der Waals surface area (Å²) in [6.07, 6.45) is 13.7. The molecule has 2 N–H and O–H groups in total. The van der Waals surface area contributed by atoms with Crippen molar-refractivity contribution in [3.05, 3.63) is 106 Å². The Kier molecular flexibility index (Phi) is 7.41. The second-order valence-corrected chi connectivity index (χ2v) is 17.1. The van der Waals surface area contributed by atoms with Gasteiger partial charge < -0.3 is 24.8 Å². The van der Waals surface area contributed by atoms with E-state index in [0.717, 1.165) is 0 Å². The third-order valence-electron chi connectivity index (χ3n) is 6.01. The first-order valence-electron chi connectivity index (χ1n) is 10.0. The van der Waals surface area contributed by atoms with Crippen LogP contribution in [0.3, 0.4) is 0 Å². The topological polar surface area (TPSA) is 24.1 Å². The zero-order chi connectivity index (χ0) is 19.2. The number of hydrogen-bond donors (Lipinski definition) is 2. The molecule has 2 aromatic rings. The maximum absolute atomic E-state index is 3.67. The summed E-state index contributed by atoms with van der Waals surface area (Å²) >= 11 is -1.13. The summed E-state index contributed by atoms with van der Waals surface area (Å²) < 4.78 is 1.36. The fraction of sp³-hybridized carbons (Fsp3) is 0.0833. The summed E-state index contributed by atoms with van der Waals surface area (Å²) in [5.41, 5.74) is 6.09. The molecule has 2 nitrogen and oxygen atoms in total. The van der Waals surface area contributed by atoms with Crippen LogP contribution < -0.4 is 35.0 Å². The fourth-order valence-electron chi connectivity index (χ4n) is 4.66. The van der Waals surface area contributed by atoms with E-state index in [1.54, 1.807) is 21.8 Å². The van der Waals surface area contributed by atoms with Gasteiger partial charge in [0.25, 0.3) is 0 Å². The Bertz CT molecular complexity index is 1120. The van der Waals surface area contributed by atoms with E-state index in [4.69, 9.17) is 0 Å². The predicted octanol–water partition coefficient (Wildman–Crippen LogP) is -0.635. The maximum Gasteiger partial charge on any atom is -1.00 e. The molecule has 0 saturated carbocycles. The molecule has 0 bridgehead atoms. The van der Waals surface area contributed by atoms with Gasteiger partial charge in [0.15, 0.2) is 0 Å². The summed E-state index contributed by atoms with van der Waals surface area (Å²) in [5, 5.41) is 10.7. The molecule has 2 aliphatic carbocycles. The number of rotatable bonds is 4. The molecule has 0 fully saturated rings. The normalized spacial score (nSPS) is 25.9. The second kappa shape index (κ2) is 9.90. The van der Waals surface area contributed by atoms with Crippen LogP contribution in [0.4, 0.5) is 0 Å². The van der Waals surface area contributed by atoms with Crippen LogP contribution in [0, 0.1) is 0 Å². The molecular formula is C24H22Cl2HfN2P2. The first-order chi connectivity index (χ1) is 14.4. The smallest absolute Gasteiger partial charge is 1.00 e. The third-order valence-corrected chi connectivity index (χ3v) is 19.1. The van der Waals surface area contributed by atoms with Gasteiger partial charge in [-0.25, -0.2) is 0 Å². The van der Waals surface area contributed by atoms with E-state index in [1.807, 2.05) is 0 Å². The van der Waals surface area contributed by atoms with E-state index in [9.17, 15) is 0 Å². The zero-order valence-corrected chi connectivity index (χ0v) is 23.8. The second-order valence-electron chi connectivity index (χ2n) is 7.66. The van der Waals surface area contributed by atoms with Gasteiger partial charge in [-0.3, -0.25) is 0 Å². The Labute approximate surface area is 209 Å². The maximum atomic E-state index is 3.67. The van der Waals surface area contributed by atoms with E-state index in [1.165, 1.54) is 11.1 Å². The quantitative estimate of drug-likeness (QED) is 0.341. The monoisotopic (exact) mass is 650 g/mol. The minimum atomic E-state index is -1.13. The van der Waals surface area contributed by atoms with Gasteiger partial charge in [-0.1, -0.05) is 0 Å². The van der Waals surface area contributed by atoms with Gasteiger partial charge in [0.2, 0.25) is 0 Å². The molecule has 0 saturated heterocycles. The molecule has 156 valence electrons. The molecule has 4 unspecified atom stereocenters. The van der Waals surface area contributed by atoms with E-state index in [2.05, 4.69) is 107 Å². The van der Waals surface area contributed by atoms with E-state index >= 15 is 0 Å². The van der Waals surface area contributed by atoms with Crippen LogP contribution in [-0.4, -0.2) is 11.6 Å². The van der Waals surface area contributed by atoms with Gasteiger partial charge in [-0.2, -0.15) is 0 Å². The minimum absolute atomic E-state index is 0. The van der Waals surface area contributed by atoms with E-state index in [0.29, 0.717) is 7.35 Å². The molecule has 2 heterocycles. The molecule has 7 heteroatoms. The number of benzene rings is 2. The van der Waals surface area contributed by atoms with E-state index in [-0.39, 0.29) is 24.8 Å². The van der Waals surface area contributed by atoms with Crippen molar-refractivity contribution in [1.82, 2.24) is 10.2 Å². The molecule has 0 aromatic heterocycles. The predicted molar refractivity (Wildman–Crippen MR) is 128 cm³/mol. The first kappa shape index (κ1) is 23.2. The summed E-state index contributed by atoms with van der Waals surface area (Å²) in [7, 11) is -1.56. The SMILES string of the molecule is C1=CN[PH](C2=Cc3ccccc3[CH]2[Hf+2][CH]2C([PH]3=CC=CN3)=Cc3ccccc32)=C1.[Cl-].[Cl-]. The summed E-state index contributed by atoms with van der Waals surface area (Å²) in [5.74, 6) is 4.83. The van der Waals surface area contributed by atoms with Crippen molar-refractivity contribution < 1.29 is 47.7 Å². The Balaban J connectivity index is 0.00000116. The fourth-order valence-corrected chi connectivity index (χ4v) is 19.2. The van der Waals surface area contributed by atoms with Gasteiger partial charge in [0.05, 0.1) is 0 Å². The molecule has 2 aliphatic heterocycles. The summed E-state index contributed by atoms with van der Waals surface area (Å²) in [6.45, 7) is 0. The van der Waals surface area contributed by atoms with Crippen molar-refractivity contribution in [3.63, 3.8) is 0 Å². The van der Waals surface area contributed by atoms with Crippen molar-refractivity contribution in [1.29, 1.82) is 0 Å². The van der Waals surface area contributed by atoms with E-state index < -0.39 is 38.3 Å². The minimum Gasteiger partial charge on any atom is -1.00 e. The summed E-state index contributed by atoms with van der Waals surface area (Å²) in [6, 6.07) is 18.2. The van der Waals surface area contributed by atoms with Gasteiger partial charge in [0.1, 0.15) is 0 Å². The molecule has 4 atom stereocenters. The van der Waals surface area contributed by atoms with Gasteiger partial charge >= 0.3 is 186 Å². The molecule has 31 heavy (non-hydrogen) atoms. The Morgan fingerprint density at radius 3 is 1.52 bits per heavy atom. The average Bonchev–Trinajstić information content (AvgIpc) is 3.55. The number of fused-ring (bicyclic) bond motifs is 2. The van der Waals surface area contributed by atoms with Crippen LogP contribution in [-0.2, 0) is 22.9 Å². The van der Waals surface area contributed by atoms with Crippen LogP contribution in [0.1, 0.15) is 29.6 Å². The van der Waals surface area contributed by atoms with Gasteiger partial charge in [-0.15, -0.1) is 0 Å². The first-order valence-corrected chi connectivity index (χ1v) is 17.3. The Hall–Kier alpha value is -0.950. The molecule has 0 spiro atoms. The van der Waals surface area contributed by atoms with Crippen LogP contribution in [0.5, 0.6) is 0 Å². The van der Waals surface area contributed by atoms with Crippen LogP contribution in [0.25, 0.3) is 12.2 Å². The van der Waals surface area contributed by atoms with Crippen molar-refractivity contribution in [2.24, 2.45) is 0 Å². The Morgan fingerprint density at radius 1 is 0.645 bits per heavy atom. The number of nitrogens with one attached hydrogen (secondary N) is 2. The number of allylic oxidation sites excluding steroid dienone is 4. The molecular weight excluding hydrogens is 628 g/mol. The molecule has 0 amide bonds. The van der Waals surface area contributed by atoms with Crippen LogP contribution in [0.15, 0.2) is 83.7 Å². The van der Waals surface area contributed by atoms with Crippen molar-refractivity contribution in [3.8, 4) is 0 Å².